The summed E-state index contributed by atoms with van der Waals surface area (Å²) < 4.78 is 9.92. The second-order valence-electron chi connectivity index (χ2n) is 3.69. The average molecular weight is 194 g/mol. The molecule has 0 aliphatic heterocycles. The van der Waals surface area contributed by atoms with Crippen molar-refractivity contribution in [2.75, 3.05) is 6.61 Å². The molecular weight excluding hydrogens is 180 g/mol. The highest BCUT2D eigenvalue weighted by Crippen LogP contribution is 2.41. The smallest absolute Gasteiger partial charge is 0.309 e. The van der Waals surface area contributed by atoms with Crippen molar-refractivity contribution in [2.24, 2.45) is 11.8 Å². The molecule has 1 saturated carbocycles. The average Bonchev–Trinajstić information content (AvgIpc) is 2.72. The number of hydrogen-bond donors (Lipinski definition) is 0. The number of carbonyl (C=O) groups is 1. The molecule has 2 rings (SSSR count). The molecule has 0 unspecified atom stereocenters. The molecule has 0 amide bonds. The van der Waals surface area contributed by atoms with Gasteiger partial charge >= 0.3 is 5.97 Å². The van der Waals surface area contributed by atoms with E-state index < -0.39 is 0 Å². The van der Waals surface area contributed by atoms with E-state index in [1.807, 2.05) is 13.0 Å². The van der Waals surface area contributed by atoms with Gasteiger partial charge in [0.1, 0.15) is 0 Å². The van der Waals surface area contributed by atoms with Gasteiger partial charge < -0.3 is 9.15 Å². The maximum atomic E-state index is 11.3. The summed E-state index contributed by atoms with van der Waals surface area (Å²) in [7, 11) is 0. The zero-order valence-electron chi connectivity index (χ0n) is 8.23. The van der Waals surface area contributed by atoms with Gasteiger partial charge in [-0.25, -0.2) is 0 Å². The maximum Gasteiger partial charge on any atom is 0.309 e. The lowest BCUT2D eigenvalue weighted by Gasteiger charge is -1.99. The summed E-state index contributed by atoms with van der Waals surface area (Å²) in [6, 6.07) is 1.94. The molecule has 1 aromatic heterocycles. The Morgan fingerprint density at radius 3 is 3.21 bits per heavy atom. The number of ether oxygens (including phenoxy) is 1. The van der Waals surface area contributed by atoms with Gasteiger partial charge in [-0.1, -0.05) is 0 Å². The van der Waals surface area contributed by atoms with Gasteiger partial charge in [0.25, 0.3) is 0 Å². The van der Waals surface area contributed by atoms with Crippen LogP contribution in [0.5, 0.6) is 0 Å². The van der Waals surface area contributed by atoms with Crippen molar-refractivity contribution >= 4 is 5.97 Å². The largest absolute Gasteiger partial charge is 0.472 e. The Bertz CT molecular complexity index is 302. The summed E-state index contributed by atoms with van der Waals surface area (Å²) in [5.74, 6) is 0.553. The van der Waals surface area contributed by atoms with E-state index >= 15 is 0 Å². The van der Waals surface area contributed by atoms with Crippen LogP contribution in [0.4, 0.5) is 0 Å². The van der Waals surface area contributed by atoms with Gasteiger partial charge in [0.15, 0.2) is 0 Å². The molecule has 0 saturated heterocycles. The molecule has 0 radical (unpaired) electrons. The summed E-state index contributed by atoms with van der Waals surface area (Å²) in [6.07, 6.45) is 5.29. The van der Waals surface area contributed by atoms with Crippen LogP contribution in [0.1, 0.15) is 18.9 Å². The van der Waals surface area contributed by atoms with Crippen molar-refractivity contribution < 1.29 is 13.9 Å². The summed E-state index contributed by atoms with van der Waals surface area (Å²) in [4.78, 5) is 11.3. The number of hydrogen-bond acceptors (Lipinski definition) is 3. The quantitative estimate of drug-likeness (QED) is 0.688. The molecule has 1 heterocycles. The minimum atomic E-state index is -0.0407. The highest BCUT2D eigenvalue weighted by molar-refractivity contribution is 5.75. The van der Waals surface area contributed by atoms with E-state index in [0.717, 1.165) is 12.8 Å². The Balaban J connectivity index is 1.79. The van der Waals surface area contributed by atoms with Crippen LogP contribution in [-0.2, 0) is 16.0 Å². The van der Waals surface area contributed by atoms with Crippen LogP contribution < -0.4 is 0 Å². The van der Waals surface area contributed by atoms with E-state index in [1.54, 1.807) is 12.5 Å². The fraction of sp³-hybridized carbons (Fsp3) is 0.545. The molecule has 0 aromatic carbocycles. The van der Waals surface area contributed by atoms with Crippen molar-refractivity contribution in [3.63, 3.8) is 0 Å². The fourth-order valence-corrected chi connectivity index (χ4v) is 1.72. The predicted molar refractivity (Wildman–Crippen MR) is 50.6 cm³/mol. The van der Waals surface area contributed by atoms with Gasteiger partial charge in [-0.2, -0.15) is 0 Å². The first kappa shape index (κ1) is 9.31. The molecule has 1 fully saturated rings. The van der Waals surface area contributed by atoms with E-state index in [0.29, 0.717) is 12.5 Å². The third-order valence-electron chi connectivity index (χ3n) is 2.59. The van der Waals surface area contributed by atoms with E-state index in [4.69, 9.17) is 9.15 Å². The highest BCUT2D eigenvalue weighted by Gasteiger charge is 2.43. The molecule has 0 spiro atoms. The van der Waals surface area contributed by atoms with E-state index in [1.165, 1.54) is 5.56 Å². The molecule has 2 atom stereocenters. The predicted octanol–water partition coefficient (Wildman–Crippen LogP) is 2.02. The van der Waals surface area contributed by atoms with Gasteiger partial charge in [0.05, 0.1) is 25.1 Å². The Kier molecular flexibility index (Phi) is 2.57. The van der Waals surface area contributed by atoms with Crippen LogP contribution in [0.3, 0.4) is 0 Å². The van der Waals surface area contributed by atoms with Crippen LogP contribution in [0.2, 0.25) is 0 Å². The molecule has 3 heteroatoms. The van der Waals surface area contributed by atoms with Crippen LogP contribution in [0, 0.1) is 11.8 Å². The summed E-state index contributed by atoms with van der Waals surface area (Å²) in [5, 5.41) is 0. The van der Waals surface area contributed by atoms with Gasteiger partial charge in [-0.3, -0.25) is 4.79 Å². The Hall–Kier alpha value is -1.25. The lowest BCUT2D eigenvalue weighted by Crippen LogP contribution is -2.08. The topological polar surface area (TPSA) is 39.4 Å². The van der Waals surface area contributed by atoms with Gasteiger partial charge in [-0.15, -0.1) is 0 Å². The molecule has 3 nitrogen and oxygen atoms in total. The second kappa shape index (κ2) is 3.86. The lowest BCUT2D eigenvalue weighted by atomic mass is 10.1. The van der Waals surface area contributed by atoms with E-state index in [9.17, 15) is 4.79 Å². The van der Waals surface area contributed by atoms with Gasteiger partial charge in [-0.05, 0) is 37.3 Å². The Morgan fingerprint density at radius 1 is 1.71 bits per heavy atom. The zero-order chi connectivity index (χ0) is 9.97. The molecule has 0 bridgehead atoms. The molecule has 76 valence electrons. The zero-order valence-corrected chi connectivity index (χ0v) is 8.23. The first-order valence-electron chi connectivity index (χ1n) is 4.99. The Morgan fingerprint density at radius 2 is 2.57 bits per heavy atom. The normalized spacial score (nSPS) is 24.6. The monoisotopic (exact) mass is 194 g/mol. The van der Waals surface area contributed by atoms with E-state index in [2.05, 4.69) is 0 Å². The van der Waals surface area contributed by atoms with Crippen molar-refractivity contribution in [3.05, 3.63) is 24.2 Å². The number of furan rings is 1. The first-order valence-corrected chi connectivity index (χ1v) is 4.99. The minimum absolute atomic E-state index is 0.0407. The first-order chi connectivity index (χ1) is 6.81. The molecule has 1 aromatic rings. The SMILES string of the molecule is CCOC(=O)[C@@H]1C[C@H]1Cc1ccoc1. The minimum Gasteiger partial charge on any atom is -0.472 e. The van der Waals surface area contributed by atoms with Crippen LogP contribution in [-0.4, -0.2) is 12.6 Å². The van der Waals surface area contributed by atoms with Crippen molar-refractivity contribution in [1.82, 2.24) is 0 Å². The molecule has 0 N–H and O–H groups in total. The summed E-state index contributed by atoms with van der Waals surface area (Å²) in [5.41, 5.74) is 1.17. The molecule has 1 aliphatic carbocycles. The van der Waals surface area contributed by atoms with Gasteiger partial charge in [0, 0.05) is 0 Å². The third kappa shape index (κ3) is 1.97. The molecule has 14 heavy (non-hydrogen) atoms. The Labute approximate surface area is 83.0 Å². The van der Waals surface area contributed by atoms with E-state index in [-0.39, 0.29) is 11.9 Å². The van der Waals surface area contributed by atoms with Gasteiger partial charge in [0.2, 0.25) is 0 Å². The molecule has 1 aliphatic rings. The fourth-order valence-electron chi connectivity index (χ4n) is 1.72. The third-order valence-corrected chi connectivity index (χ3v) is 2.59. The standard InChI is InChI=1S/C11H14O3/c1-2-14-11(12)10-6-9(10)5-8-3-4-13-7-8/h3-4,7,9-10H,2,5-6H2,1H3/t9-,10-/m1/s1. The lowest BCUT2D eigenvalue weighted by molar-refractivity contribution is -0.145. The number of esters is 1. The number of carbonyl (C=O) groups excluding carboxylic acids is 1. The van der Waals surface area contributed by atoms with Crippen LogP contribution >= 0.6 is 0 Å². The van der Waals surface area contributed by atoms with Crippen LogP contribution in [0.15, 0.2) is 23.0 Å². The van der Waals surface area contributed by atoms with Crippen molar-refractivity contribution in [1.29, 1.82) is 0 Å². The maximum absolute atomic E-state index is 11.3. The molecular formula is C11H14O3. The highest BCUT2D eigenvalue weighted by atomic mass is 16.5. The second-order valence-corrected chi connectivity index (χ2v) is 3.69. The summed E-state index contributed by atoms with van der Waals surface area (Å²) in [6.45, 7) is 2.32. The number of rotatable bonds is 4. The van der Waals surface area contributed by atoms with Crippen molar-refractivity contribution in [3.8, 4) is 0 Å². The summed E-state index contributed by atoms with van der Waals surface area (Å²) >= 11 is 0. The van der Waals surface area contributed by atoms with Crippen LogP contribution in [0.25, 0.3) is 0 Å². The van der Waals surface area contributed by atoms with Crippen molar-refractivity contribution in [2.45, 2.75) is 19.8 Å².